The van der Waals surface area contributed by atoms with Gasteiger partial charge in [-0.15, -0.1) is 0 Å². The van der Waals surface area contributed by atoms with Crippen LogP contribution in [-0.2, 0) is 16.0 Å². The molecular weight excluding hydrogens is 246 g/mol. The van der Waals surface area contributed by atoms with Gasteiger partial charge in [0.05, 0.1) is 6.42 Å². The molecule has 0 radical (unpaired) electrons. The van der Waals surface area contributed by atoms with E-state index in [0.29, 0.717) is 6.42 Å². The van der Waals surface area contributed by atoms with E-state index < -0.39 is 11.6 Å². The second-order valence-electron chi connectivity index (χ2n) is 4.88. The van der Waals surface area contributed by atoms with Crippen LogP contribution in [0.3, 0.4) is 0 Å². The third-order valence-corrected chi connectivity index (χ3v) is 3.54. The summed E-state index contributed by atoms with van der Waals surface area (Å²) in [5.41, 5.74) is -0.740. The lowest BCUT2D eigenvalue weighted by Crippen LogP contribution is -2.51. The van der Waals surface area contributed by atoms with Crippen LogP contribution in [0.2, 0.25) is 0 Å². The fourth-order valence-corrected chi connectivity index (χ4v) is 2.22. The molecule has 2 rings (SSSR count). The zero-order chi connectivity index (χ0) is 13.9. The lowest BCUT2D eigenvalue weighted by Gasteiger charge is -2.35. The fourth-order valence-electron chi connectivity index (χ4n) is 2.22. The molecule has 1 fully saturated rings. The number of carboxylic acids is 1. The zero-order valence-corrected chi connectivity index (χ0v) is 10.6. The smallest absolute Gasteiger partial charge is 0.335 e. The topological polar surface area (TPSA) is 77.8 Å². The highest BCUT2D eigenvalue weighted by molar-refractivity contribution is 5.80. The van der Waals surface area contributed by atoms with Crippen molar-refractivity contribution in [2.24, 2.45) is 0 Å². The SMILES string of the molecule is O=C(Cc1ccccc1)N1CCC(O)(C(=O)O)CC1. The number of carbonyl (C=O) groups excluding carboxylic acids is 1. The predicted octanol–water partition coefficient (Wildman–Crippen LogP) is 0.667. The Morgan fingerprint density at radius 3 is 2.26 bits per heavy atom. The van der Waals surface area contributed by atoms with E-state index in [9.17, 15) is 14.7 Å². The van der Waals surface area contributed by atoms with Crippen molar-refractivity contribution in [2.75, 3.05) is 13.1 Å². The van der Waals surface area contributed by atoms with Crippen molar-refractivity contribution in [2.45, 2.75) is 24.9 Å². The fraction of sp³-hybridized carbons (Fsp3) is 0.429. The Morgan fingerprint density at radius 1 is 1.16 bits per heavy atom. The van der Waals surface area contributed by atoms with Crippen molar-refractivity contribution < 1.29 is 19.8 Å². The number of hydrogen-bond donors (Lipinski definition) is 2. The average Bonchev–Trinajstić information content (AvgIpc) is 2.40. The number of benzene rings is 1. The molecule has 1 amide bonds. The van der Waals surface area contributed by atoms with Gasteiger partial charge >= 0.3 is 5.97 Å². The molecule has 0 aromatic heterocycles. The summed E-state index contributed by atoms with van der Waals surface area (Å²) in [7, 11) is 0. The minimum absolute atomic E-state index is 0.0290. The number of carbonyl (C=O) groups is 2. The second-order valence-corrected chi connectivity index (χ2v) is 4.88. The van der Waals surface area contributed by atoms with Crippen molar-refractivity contribution in [1.29, 1.82) is 0 Å². The number of rotatable bonds is 3. The van der Waals surface area contributed by atoms with Crippen molar-refractivity contribution >= 4 is 11.9 Å². The first-order valence-electron chi connectivity index (χ1n) is 6.29. The highest BCUT2D eigenvalue weighted by Crippen LogP contribution is 2.22. The van der Waals surface area contributed by atoms with Gasteiger partial charge in [-0.2, -0.15) is 0 Å². The minimum Gasteiger partial charge on any atom is -0.479 e. The molecule has 0 bridgehead atoms. The summed E-state index contributed by atoms with van der Waals surface area (Å²) in [6.45, 7) is 0.572. The van der Waals surface area contributed by atoms with Crippen LogP contribution in [0.25, 0.3) is 0 Å². The minimum atomic E-state index is -1.68. The highest BCUT2D eigenvalue weighted by atomic mass is 16.4. The second kappa shape index (κ2) is 5.40. The number of likely N-dealkylation sites (tertiary alicyclic amines) is 1. The van der Waals surface area contributed by atoms with Gasteiger partial charge in [-0.3, -0.25) is 4.79 Å². The molecule has 1 aromatic carbocycles. The molecule has 0 saturated carbocycles. The number of aliphatic carboxylic acids is 1. The van der Waals surface area contributed by atoms with Gasteiger partial charge in [0, 0.05) is 25.9 Å². The molecule has 0 spiro atoms. The standard InChI is InChI=1S/C14H17NO4/c16-12(10-11-4-2-1-3-5-11)15-8-6-14(19,7-9-15)13(17)18/h1-5,19H,6-10H2,(H,17,18). The number of carboxylic acid groups (broad SMARTS) is 1. The molecule has 2 N–H and O–H groups in total. The highest BCUT2D eigenvalue weighted by Gasteiger charge is 2.40. The van der Waals surface area contributed by atoms with Crippen LogP contribution in [0.15, 0.2) is 30.3 Å². The van der Waals surface area contributed by atoms with Gasteiger partial charge in [0.15, 0.2) is 5.60 Å². The molecule has 1 aliphatic heterocycles. The van der Waals surface area contributed by atoms with E-state index in [0.717, 1.165) is 5.56 Å². The molecule has 5 nitrogen and oxygen atoms in total. The largest absolute Gasteiger partial charge is 0.479 e. The first-order valence-corrected chi connectivity index (χ1v) is 6.29. The maximum atomic E-state index is 12.0. The molecule has 1 aliphatic rings. The van der Waals surface area contributed by atoms with E-state index >= 15 is 0 Å². The molecule has 5 heteroatoms. The van der Waals surface area contributed by atoms with Crippen molar-refractivity contribution in [3.05, 3.63) is 35.9 Å². The third kappa shape index (κ3) is 3.12. The Kier molecular flexibility index (Phi) is 3.85. The molecule has 0 aliphatic carbocycles. The van der Waals surface area contributed by atoms with E-state index in [4.69, 9.17) is 5.11 Å². The lowest BCUT2D eigenvalue weighted by atomic mass is 9.91. The molecule has 1 heterocycles. The van der Waals surface area contributed by atoms with Gasteiger partial charge in [-0.25, -0.2) is 4.79 Å². The number of aliphatic hydroxyl groups is 1. The Labute approximate surface area is 111 Å². The first kappa shape index (κ1) is 13.5. The van der Waals surface area contributed by atoms with Gasteiger partial charge in [0.1, 0.15) is 0 Å². The molecule has 0 unspecified atom stereocenters. The quantitative estimate of drug-likeness (QED) is 0.840. The van der Waals surface area contributed by atoms with E-state index in [1.165, 1.54) is 0 Å². The first-order chi connectivity index (χ1) is 9.01. The Bertz CT molecular complexity index is 464. The van der Waals surface area contributed by atoms with Gasteiger partial charge in [-0.05, 0) is 5.56 Å². The number of hydrogen-bond acceptors (Lipinski definition) is 3. The summed E-state index contributed by atoms with van der Waals surface area (Å²) in [5, 5.41) is 18.7. The summed E-state index contributed by atoms with van der Waals surface area (Å²) >= 11 is 0. The van der Waals surface area contributed by atoms with Crippen LogP contribution in [-0.4, -0.2) is 45.7 Å². The molecular formula is C14H17NO4. The number of nitrogens with zero attached hydrogens (tertiary/aromatic N) is 1. The summed E-state index contributed by atoms with van der Waals surface area (Å²) in [5.74, 6) is -1.23. The van der Waals surface area contributed by atoms with Crippen molar-refractivity contribution in [1.82, 2.24) is 4.90 Å². The summed E-state index contributed by atoms with van der Waals surface area (Å²) in [6, 6.07) is 9.41. The van der Waals surface area contributed by atoms with Crippen LogP contribution >= 0.6 is 0 Å². The molecule has 102 valence electrons. The molecule has 1 aromatic rings. The van der Waals surface area contributed by atoms with Crippen LogP contribution in [0.4, 0.5) is 0 Å². The van der Waals surface area contributed by atoms with Crippen LogP contribution < -0.4 is 0 Å². The zero-order valence-electron chi connectivity index (χ0n) is 10.6. The van der Waals surface area contributed by atoms with Gasteiger partial charge in [0.2, 0.25) is 5.91 Å². The predicted molar refractivity (Wildman–Crippen MR) is 68.5 cm³/mol. The van der Waals surface area contributed by atoms with Crippen molar-refractivity contribution in [3.8, 4) is 0 Å². The summed E-state index contributed by atoms with van der Waals surface area (Å²) in [4.78, 5) is 24.6. The Hall–Kier alpha value is -1.88. The third-order valence-electron chi connectivity index (χ3n) is 3.54. The normalized spacial score (nSPS) is 18.1. The van der Waals surface area contributed by atoms with Crippen molar-refractivity contribution in [3.63, 3.8) is 0 Å². The van der Waals surface area contributed by atoms with Crippen LogP contribution in [0.5, 0.6) is 0 Å². The van der Waals surface area contributed by atoms with Crippen LogP contribution in [0, 0.1) is 0 Å². The van der Waals surface area contributed by atoms with E-state index in [1.54, 1.807) is 4.90 Å². The maximum absolute atomic E-state index is 12.0. The average molecular weight is 263 g/mol. The number of amides is 1. The number of piperidine rings is 1. The van der Waals surface area contributed by atoms with E-state index in [2.05, 4.69) is 0 Å². The van der Waals surface area contributed by atoms with Gasteiger partial charge in [-0.1, -0.05) is 30.3 Å². The van der Waals surface area contributed by atoms with Gasteiger partial charge in [0.25, 0.3) is 0 Å². The molecule has 19 heavy (non-hydrogen) atoms. The van der Waals surface area contributed by atoms with E-state index in [-0.39, 0.29) is 31.8 Å². The molecule has 0 atom stereocenters. The van der Waals surface area contributed by atoms with Crippen LogP contribution in [0.1, 0.15) is 18.4 Å². The van der Waals surface area contributed by atoms with Gasteiger partial charge < -0.3 is 15.1 Å². The lowest BCUT2D eigenvalue weighted by molar-refractivity contribution is -0.165. The summed E-state index contributed by atoms with van der Waals surface area (Å²) in [6.07, 6.45) is 0.484. The maximum Gasteiger partial charge on any atom is 0.335 e. The Morgan fingerprint density at radius 2 is 1.74 bits per heavy atom. The Balaban J connectivity index is 1.91. The monoisotopic (exact) mass is 263 g/mol. The molecule has 1 saturated heterocycles. The van der Waals surface area contributed by atoms with E-state index in [1.807, 2.05) is 30.3 Å². The summed E-state index contributed by atoms with van der Waals surface area (Å²) < 4.78 is 0.